The molecule has 3 aliphatic rings. The average molecular weight is 608 g/mol. The molecule has 11 heteroatoms. The molecule has 7 nitrogen and oxygen atoms in total. The molecule has 0 radical (unpaired) electrons. The molecule has 6 rings (SSSR count). The van der Waals surface area contributed by atoms with Crippen LogP contribution in [-0.4, -0.2) is 45.7 Å². The highest BCUT2D eigenvalue weighted by Crippen LogP contribution is 2.49. The van der Waals surface area contributed by atoms with Crippen molar-refractivity contribution in [2.45, 2.75) is 23.9 Å². The molecule has 2 amide bonds. The van der Waals surface area contributed by atoms with Gasteiger partial charge in [-0.1, -0.05) is 66.7 Å². The van der Waals surface area contributed by atoms with Crippen LogP contribution in [0, 0.1) is 0 Å². The second kappa shape index (κ2) is 11.7. The van der Waals surface area contributed by atoms with Gasteiger partial charge >= 0.3 is 5.97 Å². The van der Waals surface area contributed by atoms with E-state index in [9.17, 15) is 14.4 Å². The van der Waals surface area contributed by atoms with Gasteiger partial charge in [0.15, 0.2) is 6.10 Å². The minimum atomic E-state index is -0.702. The summed E-state index contributed by atoms with van der Waals surface area (Å²) in [4.78, 5) is 43.5. The summed E-state index contributed by atoms with van der Waals surface area (Å²) in [7, 11) is 1.15. The molecule has 0 bridgehead atoms. The maximum atomic E-state index is 14.0. The second-order valence-corrected chi connectivity index (χ2v) is 14.6. The molecule has 0 saturated carbocycles. The van der Waals surface area contributed by atoms with Crippen molar-refractivity contribution in [2.24, 2.45) is 0 Å². The highest BCUT2D eigenvalue weighted by Gasteiger charge is 2.55. The zero-order valence-corrected chi connectivity index (χ0v) is 24.4. The number of fused-ring (bicyclic) bond motifs is 1. The normalized spacial score (nSPS) is 21.8. The minimum Gasteiger partial charge on any atom is -0.448 e. The van der Waals surface area contributed by atoms with Gasteiger partial charge in [-0.15, -0.1) is 23.1 Å². The number of β-lactam (4-membered cyclic amide) rings is 1. The standard InChI is InChI=1S/C29H25N3O4S4/c1-40-30-16-22(39-40)21-17-38-28-24(31-23(33)15-20-13-8-14-37-20)27(34)32(28)25(21)29(35)36-26(18-9-4-2-5-10-18)19-11-6-3-7-12-19/h2-14,16,24,26,28,30H,1,15,17H2,(H,31,33). The molecule has 1 aromatic heterocycles. The van der Waals surface area contributed by atoms with E-state index < -0.39 is 23.5 Å². The zero-order chi connectivity index (χ0) is 27.6. The number of rotatable bonds is 8. The van der Waals surface area contributed by atoms with Gasteiger partial charge in [-0.05, 0) is 48.9 Å². The van der Waals surface area contributed by atoms with Gasteiger partial charge < -0.3 is 14.8 Å². The third kappa shape index (κ3) is 5.38. The Balaban J connectivity index is 1.30. The van der Waals surface area contributed by atoms with E-state index in [1.165, 1.54) is 38.8 Å². The van der Waals surface area contributed by atoms with Gasteiger partial charge in [0.1, 0.15) is 17.1 Å². The second-order valence-electron chi connectivity index (χ2n) is 9.20. The fraction of sp³-hybridized carbons (Fsp3) is 0.172. The monoisotopic (exact) mass is 607 g/mol. The van der Waals surface area contributed by atoms with E-state index in [0.717, 1.165) is 26.5 Å². The van der Waals surface area contributed by atoms with E-state index in [2.05, 4.69) is 15.9 Å². The first kappa shape index (κ1) is 26.9. The average Bonchev–Trinajstić information content (AvgIpc) is 3.66. The van der Waals surface area contributed by atoms with Crippen LogP contribution in [0.15, 0.2) is 101 Å². The van der Waals surface area contributed by atoms with Crippen molar-refractivity contribution in [3.05, 3.63) is 117 Å². The Morgan fingerprint density at radius 2 is 1.77 bits per heavy atom. The molecule has 40 heavy (non-hydrogen) atoms. The number of thioether (sulfide) groups is 1. The smallest absolute Gasteiger partial charge is 0.356 e. The predicted octanol–water partition coefficient (Wildman–Crippen LogP) is 4.99. The van der Waals surface area contributed by atoms with E-state index in [1.807, 2.05) is 84.4 Å². The minimum absolute atomic E-state index is 0.214. The molecule has 2 aromatic carbocycles. The van der Waals surface area contributed by atoms with Crippen LogP contribution < -0.4 is 10.0 Å². The zero-order valence-electron chi connectivity index (χ0n) is 21.1. The Morgan fingerprint density at radius 1 is 1.07 bits per heavy atom. The number of carbonyl (C=O) groups is 3. The van der Waals surface area contributed by atoms with E-state index >= 15 is 0 Å². The largest absolute Gasteiger partial charge is 0.448 e. The molecule has 3 unspecified atom stereocenters. The molecule has 4 heterocycles. The Labute approximate surface area is 246 Å². The number of allylic oxidation sites excluding steroid dienone is 1. The number of esters is 1. The number of nitrogens with zero attached hydrogens (tertiary/aromatic N) is 1. The van der Waals surface area contributed by atoms with Crippen molar-refractivity contribution in [3.8, 4) is 0 Å². The van der Waals surface area contributed by atoms with Crippen LogP contribution in [0.25, 0.3) is 0 Å². The molecule has 3 aliphatic heterocycles. The fourth-order valence-electron chi connectivity index (χ4n) is 4.75. The first-order valence-electron chi connectivity index (χ1n) is 12.5. The van der Waals surface area contributed by atoms with E-state index in [0.29, 0.717) is 5.75 Å². The number of carbonyl (C=O) groups excluding carboxylic acids is 3. The third-order valence-corrected chi connectivity index (χ3v) is 11.3. The topological polar surface area (TPSA) is 87.7 Å². The van der Waals surface area contributed by atoms with Gasteiger partial charge in [0.2, 0.25) is 5.91 Å². The van der Waals surface area contributed by atoms with Crippen molar-refractivity contribution in [1.82, 2.24) is 14.9 Å². The molecule has 3 atom stereocenters. The highest BCUT2D eigenvalue weighted by molar-refractivity contribution is 8.84. The molecule has 0 spiro atoms. The maximum absolute atomic E-state index is 14.0. The Hall–Kier alpha value is -3.25. The third-order valence-electron chi connectivity index (χ3n) is 6.63. The van der Waals surface area contributed by atoms with Crippen LogP contribution >= 0.6 is 43.6 Å². The van der Waals surface area contributed by atoms with E-state index in [4.69, 9.17) is 4.74 Å². The van der Waals surface area contributed by atoms with Crippen LogP contribution in [0.5, 0.6) is 0 Å². The summed E-state index contributed by atoms with van der Waals surface area (Å²) >= 11 is 3.03. The van der Waals surface area contributed by atoms with Gasteiger partial charge in [0.05, 0.1) is 6.42 Å². The van der Waals surface area contributed by atoms with Crippen molar-refractivity contribution >= 4 is 67.2 Å². The van der Waals surface area contributed by atoms with Crippen molar-refractivity contribution in [2.75, 3.05) is 5.75 Å². The highest BCUT2D eigenvalue weighted by atomic mass is 33.1. The molecule has 2 N–H and O–H groups in total. The number of nitrogens with one attached hydrogen (secondary N) is 2. The van der Waals surface area contributed by atoms with Gasteiger partial charge in [-0.3, -0.25) is 14.5 Å². The molecule has 3 aromatic rings. The lowest BCUT2D eigenvalue weighted by atomic mass is 10.0. The number of thiophene rings is 1. The lowest BCUT2D eigenvalue weighted by molar-refractivity contribution is -0.154. The quantitative estimate of drug-likeness (QED) is 0.162. The summed E-state index contributed by atoms with van der Waals surface area (Å²) < 4.78 is 9.40. The van der Waals surface area contributed by atoms with Crippen molar-refractivity contribution in [1.29, 1.82) is 0 Å². The fourth-order valence-corrected chi connectivity index (χ4v) is 9.26. The Bertz CT molecular complexity index is 1480. The number of hydrogen-bond donors (Lipinski definition) is 2. The molecule has 204 valence electrons. The van der Waals surface area contributed by atoms with Crippen molar-refractivity contribution < 1.29 is 19.1 Å². The number of amides is 2. The first-order chi connectivity index (χ1) is 19.5. The van der Waals surface area contributed by atoms with Gasteiger partial charge in [-0.2, -0.15) is 0 Å². The first-order valence-corrected chi connectivity index (χ1v) is 17.1. The number of ether oxygens (including phenoxy) is 1. The van der Waals surface area contributed by atoms with Crippen LogP contribution in [0.4, 0.5) is 0 Å². The maximum Gasteiger partial charge on any atom is 0.356 e. The Morgan fingerprint density at radius 3 is 2.38 bits per heavy atom. The molecule has 1 saturated heterocycles. The van der Waals surface area contributed by atoms with Crippen LogP contribution in [0.2, 0.25) is 0 Å². The summed E-state index contributed by atoms with van der Waals surface area (Å²) in [6, 6.07) is 22.2. The number of benzene rings is 2. The summed E-state index contributed by atoms with van der Waals surface area (Å²) in [5, 5.41) is 4.41. The summed E-state index contributed by atoms with van der Waals surface area (Å²) in [5.41, 5.74) is 2.62. The van der Waals surface area contributed by atoms with Gasteiger partial charge in [-0.25, -0.2) is 4.79 Å². The molecule has 1 fully saturated rings. The summed E-state index contributed by atoms with van der Waals surface area (Å²) in [5.74, 6) is 3.46. The lowest BCUT2D eigenvalue weighted by Gasteiger charge is -2.49. The van der Waals surface area contributed by atoms with Crippen LogP contribution in [0.1, 0.15) is 22.1 Å². The van der Waals surface area contributed by atoms with Crippen LogP contribution in [-0.2, 0) is 25.5 Å². The number of hydrogen-bond acceptors (Lipinski definition) is 8. The summed E-state index contributed by atoms with van der Waals surface area (Å²) in [6.07, 6.45) is 1.41. The van der Waals surface area contributed by atoms with Gasteiger partial charge in [0.25, 0.3) is 5.91 Å². The predicted molar refractivity (Wildman–Crippen MR) is 164 cm³/mol. The van der Waals surface area contributed by atoms with E-state index in [1.54, 1.807) is 0 Å². The van der Waals surface area contributed by atoms with E-state index in [-0.39, 0.29) is 33.6 Å². The van der Waals surface area contributed by atoms with Crippen molar-refractivity contribution in [3.63, 3.8) is 0 Å². The molecule has 0 aliphatic carbocycles. The lowest BCUT2D eigenvalue weighted by Crippen LogP contribution is -2.70. The Kier molecular flexibility index (Phi) is 7.88. The molecular formula is C29H25N3O4S4. The SMILES string of the molecule is C=S1NC=C(C2=C(C(=O)OC(c3ccccc3)c3ccccc3)N3C(=O)C(NC(=O)Cc4cccs4)C3SC2)S1. The molecular weight excluding hydrogens is 583 g/mol. The van der Waals surface area contributed by atoms with Gasteiger partial charge in [0, 0.05) is 27.3 Å². The van der Waals surface area contributed by atoms with Crippen LogP contribution in [0.3, 0.4) is 0 Å². The summed E-state index contributed by atoms with van der Waals surface area (Å²) in [6.45, 7) is 0.